The summed E-state index contributed by atoms with van der Waals surface area (Å²) in [5.74, 6) is 0. The zero-order valence-electron chi connectivity index (χ0n) is 14.4. The van der Waals surface area contributed by atoms with Crippen molar-refractivity contribution in [2.75, 3.05) is 0 Å². The van der Waals surface area contributed by atoms with Crippen LogP contribution in [0.25, 0.3) is 33.2 Å². The predicted octanol–water partition coefficient (Wildman–Crippen LogP) is 5.82. The van der Waals surface area contributed by atoms with E-state index in [1.54, 1.807) is 12.5 Å². The van der Waals surface area contributed by atoms with Gasteiger partial charge in [0.2, 0.25) is 0 Å². The molecule has 4 rings (SSSR count). The molecule has 4 bridgehead atoms. The number of benzene rings is 2. The number of nitrogens with zero attached hydrogens (tertiary/aromatic N) is 2. The summed E-state index contributed by atoms with van der Waals surface area (Å²) in [6, 6.07) is 24.6. The van der Waals surface area contributed by atoms with Crippen LogP contribution in [0.2, 0.25) is 0 Å². The lowest BCUT2D eigenvalue weighted by Crippen LogP contribution is -1.85. The minimum atomic E-state index is 0.700. The van der Waals surface area contributed by atoms with Gasteiger partial charge in [-0.15, -0.1) is 0 Å². The molecule has 0 spiro atoms. The quantitative estimate of drug-likeness (QED) is 0.431. The van der Waals surface area contributed by atoms with E-state index >= 15 is 0 Å². The lowest BCUT2D eigenvalue weighted by atomic mass is 10.2. The van der Waals surface area contributed by atoms with Crippen LogP contribution in [-0.2, 0) is 0 Å². The van der Waals surface area contributed by atoms with Crippen molar-refractivity contribution in [3.05, 3.63) is 97.7 Å². The summed E-state index contributed by atoms with van der Waals surface area (Å²) in [5, 5.41) is 0.870. The van der Waals surface area contributed by atoms with Gasteiger partial charge < -0.3 is 13.8 Å². The van der Waals surface area contributed by atoms with Crippen LogP contribution in [-0.4, -0.2) is 15.0 Å². The topological polar surface area (TPSA) is 67.8 Å². The molecule has 132 valence electrons. The molecule has 2 heterocycles. The predicted molar refractivity (Wildman–Crippen MR) is 106 cm³/mol. The van der Waals surface area contributed by atoms with Gasteiger partial charge in [0.05, 0.1) is 18.0 Å². The second-order valence-electron chi connectivity index (χ2n) is 5.72. The van der Waals surface area contributed by atoms with Crippen LogP contribution in [0.4, 0.5) is 0 Å². The van der Waals surface area contributed by atoms with Crippen molar-refractivity contribution in [3.63, 3.8) is 0 Å². The van der Waals surface area contributed by atoms with Crippen LogP contribution in [0, 0.1) is 0 Å². The van der Waals surface area contributed by atoms with E-state index in [0.717, 1.165) is 22.0 Å². The highest BCUT2D eigenvalue weighted by Gasteiger charge is 1.99. The van der Waals surface area contributed by atoms with Gasteiger partial charge in [0.1, 0.15) is 23.1 Å². The summed E-state index contributed by atoms with van der Waals surface area (Å²) in [7, 11) is 0. The minimum Gasteiger partial charge on any atom is -0.465 e. The van der Waals surface area contributed by atoms with Gasteiger partial charge in [-0.1, -0.05) is 30.3 Å². The molecule has 0 saturated heterocycles. The first-order chi connectivity index (χ1) is 13.4. The minimum absolute atomic E-state index is 0.700. The Balaban J connectivity index is 2.06. The van der Waals surface area contributed by atoms with Gasteiger partial charge in [-0.3, -0.25) is 0 Å². The maximum absolute atomic E-state index is 5.68. The van der Waals surface area contributed by atoms with E-state index in [-0.39, 0.29) is 0 Å². The second kappa shape index (κ2) is 8.01. The van der Waals surface area contributed by atoms with Crippen molar-refractivity contribution >= 4 is 33.2 Å². The van der Waals surface area contributed by atoms with Crippen LogP contribution in [0.1, 0.15) is 0 Å². The molecule has 27 heavy (non-hydrogen) atoms. The summed E-state index contributed by atoms with van der Waals surface area (Å²) in [6.45, 7) is 0. The van der Waals surface area contributed by atoms with E-state index < -0.39 is 0 Å². The highest BCUT2D eigenvalue weighted by atomic mass is 16.3. The fourth-order valence-corrected chi connectivity index (χ4v) is 2.58. The molecular weight excluding hydrogens is 338 g/mol. The Bertz CT molecular complexity index is 1250. The highest BCUT2D eigenvalue weighted by molar-refractivity contribution is 5.93. The van der Waals surface area contributed by atoms with Crippen LogP contribution in [0.15, 0.2) is 107 Å². The monoisotopic (exact) mass is 355 g/mol. The first kappa shape index (κ1) is 16.6. The lowest BCUT2D eigenvalue weighted by molar-refractivity contribution is 0.603. The summed E-state index contributed by atoms with van der Waals surface area (Å²) in [4.78, 5) is 12.0. The largest absolute Gasteiger partial charge is 0.465 e. The van der Waals surface area contributed by atoms with E-state index in [4.69, 9.17) is 8.83 Å². The fraction of sp³-hybridized carbons (Fsp3) is 0. The molecule has 0 aliphatic carbocycles. The third-order valence-corrected chi connectivity index (χ3v) is 3.82. The standard InChI is InChI=1S/C22H17N3O2/c1-2-4-6-13-27-19-10-11-21-20(15-19)22(24-16-23-21)25-17-8-7-9-18(14-17)26-12-5-3-1/h1-16H,(H,23,24,25). The number of hydrogen-bond acceptors (Lipinski definition) is 4. The first-order valence-electron chi connectivity index (χ1n) is 8.49. The Morgan fingerprint density at radius 2 is 1.41 bits per heavy atom. The van der Waals surface area contributed by atoms with Crippen molar-refractivity contribution in [1.82, 2.24) is 15.0 Å². The maximum atomic E-state index is 5.68. The van der Waals surface area contributed by atoms with Crippen molar-refractivity contribution < 1.29 is 8.83 Å². The van der Waals surface area contributed by atoms with Gasteiger partial charge in [0.25, 0.3) is 0 Å². The zero-order valence-corrected chi connectivity index (χ0v) is 14.4. The lowest BCUT2D eigenvalue weighted by Gasteiger charge is -1.99. The van der Waals surface area contributed by atoms with Gasteiger partial charge in [0, 0.05) is 17.0 Å². The first-order valence-corrected chi connectivity index (χ1v) is 8.49. The number of nitrogens with one attached hydrogen (secondary N) is 1. The van der Waals surface area contributed by atoms with Crippen LogP contribution in [0.3, 0.4) is 0 Å². The molecule has 0 aliphatic rings. The number of aromatic amines is 1. The third kappa shape index (κ3) is 4.22. The molecule has 2 aromatic heterocycles. The van der Waals surface area contributed by atoms with Crippen LogP contribution in [0.5, 0.6) is 0 Å². The number of H-pyrrole nitrogens is 1. The summed E-state index contributed by atoms with van der Waals surface area (Å²) in [6.07, 6.45) is 4.81. The SMILES string of the molecule is c1ccccoc2ccc3ncnc([nH]c4cccc(c4)occc1)c3c2. The van der Waals surface area contributed by atoms with E-state index in [2.05, 4.69) is 15.0 Å². The molecule has 4 aromatic rings. The maximum Gasteiger partial charge on any atom is 0.141 e. The number of aromatic nitrogens is 3. The van der Waals surface area contributed by atoms with Gasteiger partial charge in [-0.05, 0) is 42.5 Å². The van der Waals surface area contributed by atoms with E-state index in [9.17, 15) is 0 Å². The number of fused-ring (bicyclic) bond motifs is 3. The number of hydrogen-bond donors (Lipinski definition) is 1. The van der Waals surface area contributed by atoms with E-state index in [1.807, 2.05) is 78.9 Å². The molecule has 0 unspecified atom stereocenters. The average Bonchev–Trinajstić information content (AvgIpc) is 2.69. The summed E-state index contributed by atoms with van der Waals surface area (Å²) < 4.78 is 11.3. The molecule has 0 radical (unpaired) electrons. The molecule has 0 fully saturated rings. The summed E-state index contributed by atoms with van der Waals surface area (Å²) in [5.41, 5.74) is 3.84. The Kier molecular flexibility index (Phi) is 4.93. The average molecular weight is 355 g/mol. The highest BCUT2D eigenvalue weighted by Crippen LogP contribution is 2.17. The van der Waals surface area contributed by atoms with Crippen molar-refractivity contribution in [2.24, 2.45) is 0 Å². The number of rotatable bonds is 0. The molecule has 2 aromatic carbocycles. The molecule has 5 heteroatoms. The fourth-order valence-electron chi connectivity index (χ4n) is 2.58. The van der Waals surface area contributed by atoms with Crippen LogP contribution >= 0.6 is 0 Å². The van der Waals surface area contributed by atoms with Crippen molar-refractivity contribution in [3.8, 4) is 0 Å². The van der Waals surface area contributed by atoms with Crippen LogP contribution < -0.4 is 0 Å². The van der Waals surface area contributed by atoms with Gasteiger partial charge in [-0.2, -0.15) is 0 Å². The third-order valence-electron chi connectivity index (χ3n) is 3.82. The van der Waals surface area contributed by atoms with Gasteiger partial charge in [0.15, 0.2) is 0 Å². The Morgan fingerprint density at radius 1 is 0.667 bits per heavy atom. The molecular formula is C22H17N3O2. The summed E-state index contributed by atoms with van der Waals surface area (Å²) >= 11 is 0. The van der Waals surface area contributed by atoms with E-state index in [1.165, 1.54) is 6.33 Å². The molecule has 0 amide bonds. The normalized spacial score (nSPS) is 10.2. The smallest absolute Gasteiger partial charge is 0.141 e. The Hall–Kier alpha value is -3.86. The van der Waals surface area contributed by atoms with Crippen molar-refractivity contribution in [1.29, 1.82) is 0 Å². The van der Waals surface area contributed by atoms with Crippen molar-refractivity contribution in [2.45, 2.75) is 0 Å². The van der Waals surface area contributed by atoms with Gasteiger partial charge >= 0.3 is 0 Å². The Morgan fingerprint density at radius 3 is 2.22 bits per heavy atom. The molecule has 0 atom stereocenters. The Labute approximate surface area is 155 Å². The van der Waals surface area contributed by atoms with E-state index in [0.29, 0.717) is 11.2 Å². The molecule has 1 N–H and O–H groups in total. The zero-order chi connectivity index (χ0) is 18.3. The molecule has 5 nitrogen and oxygen atoms in total. The molecule has 0 saturated carbocycles. The molecule has 0 aliphatic heterocycles. The van der Waals surface area contributed by atoms with Gasteiger partial charge in [-0.25, -0.2) is 9.97 Å². The second-order valence-corrected chi connectivity index (χ2v) is 5.72.